The number of benzene rings is 2. The van der Waals surface area contributed by atoms with Gasteiger partial charge in [0, 0.05) is 24.8 Å². The van der Waals surface area contributed by atoms with E-state index in [1.807, 2.05) is 54.6 Å². The lowest BCUT2D eigenvalue weighted by Crippen LogP contribution is -2.36. The molecule has 0 radical (unpaired) electrons. The zero-order valence-electron chi connectivity index (χ0n) is 19.3. The Morgan fingerprint density at radius 3 is 2.56 bits per heavy atom. The number of oxazole rings is 1. The number of aromatic nitrogens is 1. The molecular weight excluding hydrogens is 456 g/mol. The van der Waals surface area contributed by atoms with Crippen LogP contribution in [0.4, 0.5) is 0 Å². The zero-order chi connectivity index (χ0) is 24.1. The van der Waals surface area contributed by atoms with E-state index in [0.717, 1.165) is 31.2 Å². The quantitative estimate of drug-likeness (QED) is 0.426. The van der Waals surface area contributed by atoms with E-state index in [4.69, 9.17) is 13.9 Å². The Kier molecular flexibility index (Phi) is 7.33. The van der Waals surface area contributed by atoms with Crippen LogP contribution in [0.2, 0.25) is 0 Å². The summed E-state index contributed by atoms with van der Waals surface area (Å²) in [6.45, 7) is 1.78. The van der Waals surface area contributed by atoms with E-state index >= 15 is 0 Å². The van der Waals surface area contributed by atoms with Gasteiger partial charge in [0.15, 0.2) is 0 Å². The van der Waals surface area contributed by atoms with Crippen LogP contribution >= 0.6 is 0 Å². The van der Waals surface area contributed by atoms with E-state index in [1.165, 1.54) is 7.11 Å². The van der Waals surface area contributed by atoms with Gasteiger partial charge in [-0.15, -0.1) is 0 Å². The van der Waals surface area contributed by atoms with E-state index in [1.54, 1.807) is 0 Å². The highest BCUT2D eigenvalue weighted by atomic mass is 32.2. The molecule has 180 valence electrons. The second kappa shape index (κ2) is 10.4. The van der Waals surface area contributed by atoms with Crippen LogP contribution in [0.1, 0.15) is 24.1 Å². The second-order valence-corrected chi connectivity index (χ2v) is 10.2. The normalized spacial score (nSPS) is 16.5. The number of sulfone groups is 1. The van der Waals surface area contributed by atoms with Gasteiger partial charge in [-0.3, -0.25) is 9.69 Å². The fourth-order valence-electron chi connectivity index (χ4n) is 4.10. The molecule has 0 saturated carbocycles. The standard InChI is InChI=1S/C25H28N2O6S/c1-31-24(28)22-9-6-15-27(22)17-18-10-12-20(13-11-18)32-16-14-21-25(34(2,29)30)33-23(26-21)19-7-4-3-5-8-19/h3-5,7-8,10-13,22H,6,9,14-17H2,1-2H3/t22-/m0/s1. The van der Waals surface area contributed by atoms with Crippen molar-refractivity contribution >= 4 is 15.8 Å². The Bertz CT molecular complexity index is 1220. The average molecular weight is 485 g/mol. The van der Waals surface area contributed by atoms with Crippen molar-refractivity contribution in [2.45, 2.75) is 36.9 Å². The molecule has 9 heteroatoms. The summed E-state index contributed by atoms with van der Waals surface area (Å²) < 4.78 is 40.7. The number of carbonyl (C=O) groups excluding carboxylic acids is 1. The smallest absolute Gasteiger partial charge is 0.323 e. The van der Waals surface area contributed by atoms with Crippen LogP contribution in [0.25, 0.3) is 11.5 Å². The minimum Gasteiger partial charge on any atom is -0.493 e. The van der Waals surface area contributed by atoms with Crippen LogP contribution in [0.15, 0.2) is 64.1 Å². The molecule has 0 amide bonds. The Balaban J connectivity index is 1.37. The van der Waals surface area contributed by atoms with Gasteiger partial charge in [-0.05, 0) is 49.2 Å². The van der Waals surface area contributed by atoms with E-state index in [9.17, 15) is 13.2 Å². The molecule has 2 heterocycles. The molecule has 2 aromatic carbocycles. The average Bonchev–Trinajstić information content (AvgIpc) is 3.48. The van der Waals surface area contributed by atoms with Crippen molar-refractivity contribution in [2.75, 3.05) is 26.5 Å². The molecular formula is C25H28N2O6S. The summed E-state index contributed by atoms with van der Waals surface area (Å²) >= 11 is 0. The fraction of sp³-hybridized carbons (Fsp3) is 0.360. The van der Waals surface area contributed by atoms with Crippen molar-refractivity contribution in [3.8, 4) is 17.2 Å². The molecule has 8 nitrogen and oxygen atoms in total. The van der Waals surface area contributed by atoms with Crippen molar-refractivity contribution in [3.05, 3.63) is 65.9 Å². The van der Waals surface area contributed by atoms with Gasteiger partial charge in [-0.2, -0.15) is 0 Å². The van der Waals surface area contributed by atoms with Crippen molar-refractivity contribution in [2.24, 2.45) is 0 Å². The number of carbonyl (C=O) groups is 1. The van der Waals surface area contributed by atoms with Gasteiger partial charge in [0.25, 0.3) is 0 Å². The molecule has 1 saturated heterocycles. The predicted molar refractivity (Wildman–Crippen MR) is 126 cm³/mol. The molecule has 0 unspecified atom stereocenters. The molecule has 3 aromatic rings. The first kappa shape index (κ1) is 24.0. The van der Waals surface area contributed by atoms with Gasteiger partial charge in [0.1, 0.15) is 17.5 Å². The molecule has 0 N–H and O–H groups in total. The summed E-state index contributed by atoms with van der Waals surface area (Å²) in [5, 5.41) is -0.129. The number of nitrogens with zero attached hydrogens (tertiary/aromatic N) is 2. The third-order valence-electron chi connectivity index (χ3n) is 5.77. The lowest BCUT2D eigenvalue weighted by atomic mass is 10.2. The molecule has 1 aromatic heterocycles. The first-order valence-electron chi connectivity index (χ1n) is 11.1. The van der Waals surface area contributed by atoms with E-state index in [-0.39, 0.29) is 36.0 Å². The van der Waals surface area contributed by atoms with Crippen LogP contribution in [0, 0.1) is 0 Å². The largest absolute Gasteiger partial charge is 0.493 e. The number of hydrogen-bond donors (Lipinski definition) is 0. The van der Waals surface area contributed by atoms with Gasteiger partial charge in [-0.1, -0.05) is 30.3 Å². The first-order chi connectivity index (χ1) is 16.3. The van der Waals surface area contributed by atoms with Crippen LogP contribution < -0.4 is 4.74 Å². The third-order valence-corrected chi connectivity index (χ3v) is 6.77. The van der Waals surface area contributed by atoms with Gasteiger partial charge >= 0.3 is 5.97 Å². The van der Waals surface area contributed by atoms with Gasteiger partial charge in [0.2, 0.25) is 20.8 Å². The lowest BCUT2D eigenvalue weighted by Gasteiger charge is -2.22. The maximum Gasteiger partial charge on any atom is 0.323 e. The molecule has 0 bridgehead atoms. The van der Waals surface area contributed by atoms with Crippen LogP contribution in [-0.4, -0.2) is 56.8 Å². The molecule has 1 fully saturated rings. The molecule has 4 rings (SSSR count). The number of esters is 1. The second-order valence-electron chi connectivity index (χ2n) is 8.29. The number of methoxy groups -OCH3 is 1. The highest BCUT2D eigenvalue weighted by Crippen LogP contribution is 2.26. The highest BCUT2D eigenvalue weighted by Gasteiger charge is 2.31. The summed E-state index contributed by atoms with van der Waals surface area (Å²) in [5.74, 6) is 0.754. The molecule has 1 aliphatic heterocycles. The number of rotatable bonds is 9. The molecule has 0 spiro atoms. The SMILES string of the molecule is COC(=O)[C@@H]1CCCN1Cc1ccc(OCCc2nc(-c3ccccc3)oc2S(C)(=O)=O)cc1. The monoisotopic (exact) mass is 484 g/mol. The topological polar surface area (TPSA) is 98.9 Å². The maximum atomic E-state index is 12.2. The molecule has 34 heavy (non-hydrogen) atoms. The summed E-state index contributed by atoms with van der Waals surface area (Å²) in [4.78, 5) is 18.5. The van der Waals surface area contributed by atoms with Gasteiger partial charge in [-0.25, -0.2) is 13.4 Å². The van der Waals surface area contributed by atoms with E-state index in [2.05, 4.69) is 9.88 Å². The Labute approximate surface area is 199 Å². The van der Waals surface area contributed by atoms with Crippen molar-refractivity contribution in [1.82, 2.24) is 9.88 Å². The van der Waals surface area contributed by atoms with Crippen molar-refractivity contribution in [1.29, 1.82) is 0 Å². The summed E-state index contributed by atoms with van der Waals surface area (Å²) in [5.41, 5.74) is 2.13. The lowest BCUT2D eigenvalue weighted by molar-refractivity contribution is -0.146. The minimum absolute atomic E-state index is 0.129. The summed E-state index contributed by atoms with van der Waals surface area (Å²) in [6, 6.07) is 16.7. The van der Waals surface area contributed by atoms with Crippen LogP contribution in [0.3, 0.4) is 0 Å². The van der Waals surface area contributed by atoms with Gasteiger partial charge < -0.3 is 13.9 Å². The molecule has 1 atom stereocenters. The summed E-state index contributed by atoms with van der Waals surface area (Å²) in [6.07, 6.45) is 3.19. The third kappa shape index (κ3) is 5.66. The van der Waals surface area contributed by atoms with Crippen molar-refractivity contribution in [3.63, 3.8) is 0 Å². The number of hydrogen-bond acceptors (Lipinski definition) is 8. The van der Waals surface area contributed by atoms with Crippen LogP contribution in [0.5, 0.6) is 5.75 Å². The van der Waals surface area contributed by atoms with E-state index in [0.29, 0.717) is 23.6 Å². The van der Waals surface area contributed by atoms with Gasteiger partial charge in [0.05, 0.1) is 13.7 Å². The first-order valence-corrected chi connectivity index (χ1v) is 13.0. The van der Waals surface area contributed by atoms with E-state index < -0.39 is 9.84 Å². The van der Waals surface area contributed by atoms with Crippen LogP contribution in [-0.2, 0) is 32.3 Å². The highest BCUT2D eigenvalue weighted by molar-refractivity contribution is 7.90. The fourth-order valence-corrected chi connectivity index (χ4v) is 4.91. The zero-order valence-corrected chi connectivity index (χ0v) is 20.1. The predicted octanol–water partition coefficient (Wildman–Crippen LogP) is 3.50. The Morgan fingerprint density at radius 1 is 1.15 bits per heavy atom. The van der Waals surface area contributed by atoms with Crippen molar-refractivity contribution < 1.29 is 27.1 Å². The summed E-state index contributed by atoms with van der Waals surface area (Å²) in [7, 11) is -2.15. The molecule has 1 aliphatic rings. The minimum atomic E-state index is -3.57. The molecule has 0 aliphatic carbocycles. The Hall–Kier alpha value is -3.17. The number of ether oxygens (including phenoxy) is 2. The maximum absolute atomic E-state index is 12.2. The number of likely N-dealkylation sites (tertiary alicyclic amines) is 1. The Morgan fingerprint density at radius 2 is 1.88 bits per heavy atom.